The Morgan fingerprint density at radius 2 is 1.84 bits per heavy atom. The van der Waals surface area contributed by atoms with E-state index in [0.29, 0.717) is 11.1 Å². The molecular weight excluding hydrogens is 398 g/mol. The van der Waals surface area contributed by atoms with Gasteiger partial charge in [-0.25, -0.2) is 0 Å². The Balaban J connectivity index is 2.24. The summed E-state index contributed by atoms with van der Waals surface area (Å²) < 4.78 is 16.2. The third-order valence-electron chi connectivity index (χ3n) is 4.87. The quantitative estimate of drug-likeness (QED) is 0.204. The molecule has 160 valence electrons. The number of hydrogen-bond acceptors (Lipinski definition) is 6. The number of benzene rings is 2. The Labute approximate surface area is 180 Å². The minimum Gasteiger partial charge on any atom is -0.469 e. The van der Waals surface area contributed by atoms with Crippen LogP contribution in [0.2, 0.25) is 0 Å². The molecule has 0 unspecified atom stereocenters. The summed E-state index contributed by atoms with van der Waals surface area (Å²) in [6, 6.07) is 11.3. The van der Waals surface area contributed by atoms with Gasteiger partial charge < -0.3 is 13.9 Å². The molecule has 1 heterocycles. The Kier molecular flexibility index (Phi) is 6.67. The van der Waals surface area contributed by atoms with Gasteiger partial charge in [0.05, 0.1) is 11.2 Å². The van der Waals surface area contributed by atoms with Gasteiger partial charge in [-0.15, -0.1) is 0 Å². The molecule has 0 fully saturated rings. The molecule has 2 aromatic carbocycles. The van der Waals surface area contributed by atoms with E-state index >= 15 is 0 Å². The number of furan rings is 1. The van der Waals surface area contributed by atoms with Crippen molar-refractivity contribution >= 4 is 23.1 Å². The van der Waals surface area contributed by atoms with Crippen molar-refractivity contribution in [3.63, 3.8) is 0 Å². The Morgan fingerprint density at radius 3 is 2.42 bits per heavy atom. The number of aryl methyl sites for hydroxylation is 2. The van der Waals surface area contributed by atoms with Gasteiger partial charge in [-0.05, 0) is 44.1 Å². The Morgan fingerprint density at radius 1 is 1.13 bits per heavy atom. The van der Waals surface area contributed by atoms with Gasteiger partial charge in [-0.2, -0.15) is 0 Å². The lowest BCUT2D eigenvalue weighted by Crippen LogP contribution is -2.11. The SMILES string of the molecule is COCOc1c(C=C(C)c2c(C)coc2C)ccc([N+](=O)[O-])c1C(=O)c1ccccc1. The summed E-state index contributed by atoms with van der Waals surface area (Å²) in [5, 5.41) is 11.7. The molecule has 0 amide bonds. The van der Waals surface area contributed by atoms with Crippen LogP contribution in [0.5, 0.6) is 5.75 Å². The molecule has 0 aliphatic rings. The first kappa shape index (κ1) is 22.0. The summed E-state index contributed by atoms with van der Waals surface area (Å²) in [4.78, 5) is 24.4. The van der Waals surface area contributed by atoms with Crippen LogP contribution in [0, 0.1) is 24.0 Å². The number of allylic oxidation sites excluding steroid dienone is 1. The van der Waals surface area contributed by atoms with Gasteiger partial charge in [-0.3, -0.25) is 14.9 Å². The molecule has 3 rings (SSSR count). The molecule has 0 spiro atoms. The van der Waals surface area contributed by atoms with Crippen LogP contribution in [0.15, 0.2) is 53.1 Å². The number of nitro benzene ring substituents is 1. The second-order valence-electron chi connectivity index (χ2n) is 7.06. The zero-order valence-corrected chi connectivity index (χ0v) is 17.8. The van der Waals surface area contributed by atoms with Crippen molar-refractivity contribution in [1.29, 1.82) is 0 Å². The van der Waals surface area contributed by atoms with Crippen LogP contribution < -0.4 is 4.74 Å². The normalized spacial score (nSPS) is 11.4. The first-order chi connectivity index (χ1) is 14.8. The summed E-state index contributed by atoms with van der Waals surface area (Å²) in [6.07, 6.45) is 3.49. The van der Waals surface area contributed by atoms with Crippen LogP contribution >= 0.6 is 0 Å². The van der Waals surface area contributed by atoms with E-state index in [1.807, 2.05) is 26.8 Å². The predicted octanol–water partition coefficient (Wildman–Crippen LogP) is 5.58. The van der Waals surface area contributed by atoms with Crippen LogP contribution in [0.3, 0.4) is 0 Å². The van der Waals surface area contributed by atoms with E-state index in [-0.39, 0.29) is 23.8 Å². The number of carbonyl (C=O) groups excluding carboxylic acids is 1. The van der Waals surface area contributed by atoms with Crippen LogP contribution in [0.4, 0.5) is 5.69 Å². The molecule has 31 heavy (non-hydrogen) atoms. The van der Waals surface area contributed by atoms with E-state index in [1.54, 1.807) is 42.7 Å². The van der Waals surface area contributed by atoms with Crippen LogP contribution in [0.25, 0.3) is 11.6 Å². The number of nitrogens with zero attached hydrogens (tertiary/aromatic N) is 1. The number of ketones is 1. The Bertz CT molecular complexity index is 1120. The minimum absolute atomic E-state index is 0.100. The molecule has 0 bridgehead atoms. The topological polar surface area (TPSA) is 91.8 Å². The number of hydrogen-bond donors (Lipinski definition) is 0. The first-order valence-electron chi connectivity index (χ1n) is 9.61. The molecule has 7 nitrogen and oxygen atoms in total. The van der Waals surface area contributed by atoms with Crippen molar-refractivity contribution in [3.05, 3.63) is 92.4 Å². The van der Waals surface area contributed by atoms with E-state index < -0.39 is 10.7 Å². The van der Waals surface area contributed by atoms with Gasteiger partial charge in [-0.1, -0.05) is 30.3 Å². The average Bonchev–Trinajstić information content (AvgIpc) is 3.10. The van der Waals surface area contributed by atoms with E-state index in [1.165, 1.54) is 13.2 Å². The Hall–Kier alpha value is -3.71. The molecule has 3 aromatic rings. The summed E-state index contributed by atoms with van der Waals surface area (Å²) in [7, 11) is 1.44. The van der Waals surface area contributed by atoms with Gasteiger partial charge in [0.25, 0.3) is 5.69 Å². The van der Waals surface area contributed by atoms with Gasteiger partial charge in [0, 0.05) is 29.9 Å². The van der Waals surface area contributed by atoms with Crippen molar-refractivity contribution in [1.82, 2.24) is 0 Å². The van der Waals surface area contributed by atoms with Crippen molar-refractivity contribution in [2.45, 2.75) is 20.8 Å². The molecule has 0 N–H and O–H groups in total. The molecule has 1 aromatic heterocycles. The fourth-order valence-corrected chi connectivity index (χ4v) is 3.55. The number of methoxy groups -OCH3 is 1. The molecule has 0 aliphatic heterocycles. The summed E-state index contributed by atoms with van der Waals surface area (Å²) in [5.41, 5.74) is 3.19. The van der Waals surface area contributed by atoms with Crippen LogP contribution in [0.1, 0.15) is 45.3 Å². The highest BCUT2D eigenvalue weighted by atomic mass is 16.7. The molecular formula is C24H23NO6. The van der Waals surface area contributed by atoms with Crippen molar-refractivity contribution in [2.24, 2.45) is 0 Å². The third-order valence-corrected chi connectivity index (χ3v) is 4.87. The number of rotatable bonds is 8. The standard InChI is InChI=1S/C24H23NO6/c1-15(21-16(2)13-30-17(21)3)12-19-10-11-20(25(27)28)22(24(19)31-14-29-4)23(26)18-8-6-5-7-9-18/h5-13H,14H2,1-4H3. The number of ether oxygens (including phenoxy) is 2. The van der Waals surface area contributed by atoms with Crippen molar-refractivity contribution in [2.75, 3.05) is 13.9 Å². The van der Waals surface area contributed by atoms with E-state index in [9.17, 15) is 14.9 Å². The fraction of sp³-hybridized carbons (Fsp3) is 0.208. The van der Waals surface area contributed by atoms with Gasteiger partial charge in [0.2, 0.25) is 5.78 Å². The largest absolute Gasteiger partial charge is 0.469 e. The van der Waals surface area contributed by atoms with E-state index in [2.05, 4.69) is 0 Å². The van der Waals surface area contributed by atoms with Gasteiger partial charge >= 0.3 is 0 Å². The van der Waals surface area contributed by atoms with E-state index in [0.717, 1.165) is 22.5 Å². The maximum Gasteiger partial charge on any atom is 0.284 e. The summed E-state index contributed by atoms with van der Waals surface area (Å²) in [6.45, 7) is 5.54. The molecule has 0 saturated carbocycles. The first-order valence-corrected chi connectivity index (χ1v) is 9.61. The predicted molar refractivity (Wildman–Crippen MR) is 117 cm³/mol. The molecule has 7 heteroatoms. The lowest BCUT2D eigenvalue weighted by molar-refractivity contribution is -0.385. The highest BCUT2D eigenvalue weighted by Gasteiger charge is 2.28. The zero-order chi connectivity index (χ0) is 22.5. The van der Waals surface area contributed by atoms with Gasteiger partial charge in [0.15, 0.2) is 6.79 Å². The maximum absolute atomic E-state index is 13.3. The molecule has 0 atom stereocenters. The number of nitro groups is 1. The second kappa shape index (κ2) is 9.40. The van der Waals surface area contributed by atoms with Crippen LogP contribution in [-0.4, -0.2) is 24.6 Å². The fourth-order valence-electron chi connectivity index (χ4n) is 3.55. The molecule has 0 saturated heterocycles. The third kappa shape index (κ3) is 4.57. The summed E-state index contributed by atoms with van der Waals surface area (Å²) >= 11 is 0. The summed E-state index contributed by atoms with van der Waals surface area (Å²) in [5.74, 6) is 0.359. The molecule has 0 radical (unpaired) electrons. The monoisotopic (exact) mass is 421 g/mol. The zero-order valence-electron chi connectivity index (χ0n) is 17.8. The highest BCUT2D eigenvalue weighted by Crippen LogP contribution is 2.37. The highest BCUT2D eigenvalue weighted by molar-refractivity contribution is 6.14. The van der Waals surface area contributed by atoms with Crippen molar-refractivity contribution < 1.29 is 23.6 Å². The lowest BCUT2D eigenvalue weighted by Gasteiger charge is -2.14. The van der Waals surface area contributed by atoms with Gasteiger partial charge in [0.1, 0.15) is 17.1 Å². The lowest BCUT2D eigenvalue weighted by atomic mass is 9.95. The minimum atomic E-state index is -0.583. The van der Waals surface area contributed by atoms with Crippen LogP contribution in [-0.2, 0) is 4.74 Å². The number of carbonyl (C=O) groups is 1. The molecule has 0 aliphatic carbocycles. The average molecular weight is 421 g/mol. The van der Waals surface area contributed by atoms with E-state index in [4.69, 9.17) is 13.9 Å². The maximum atomic E-state index is 13.3. The second-order valence-corrected chi connectivity index (χ2v) is 7.06. The smallest absolute Gasteiger partial charge is 0.284 e. The van der Waals surface area contributed by atoms with Crippen molar-refractivity contribution in [3.8, 4) is 5.75 Å².